The molecule has 2 heterocycles. The van der Waals surface area contributed by atoms with Gasteiger partial charge in [-0.05, 0) is 49.7 Å². The molecule has 1 N–H and O–H groups in total. The molecule has 0 fully saturated rings. The molecule has 0 saturated heterocycles. The summed E-state index contributed by atoms with van der Waals surface area (Å²) < 4.78 is 34.9. The smallest absolute Gasteiger partial charge is 0.262 e. The third-order valence-corrected chi connectivity index (χ3v) is 5.04. The lowest BCUT2D eigenvalue weighted by atomic mass is 10.2. The van der Waals surface area contributed by atoms with Gasteiger partial charge < -0.3 is 9.14 Å². The first-order chi connectivity index (χ1) is 10.9. The van der Waals surface area contributed by atoms with Crippen LogP contribution in [0.4, 0.5) is 5.69 Å². The van der Waals surface area contributed by atoms with Crippen LogP contribution in [0.3, 0.4) is 0 Å². The molecule has 0 radical (unpaired) electrons. The van der Waals surface area contributed by atoms with Gasteiger partial charge in [-0.25, -0.2) is 13.4 Å². The standard InChI is InChI=1S/C16H17N3O3S/c1-11-9-13(22-3)6-7-15(11)23(20,21)18-14-5-4-8-19-10-12(2)17-16(14)19/h4-10,18H,1-3H3. The van der Waals surface area contributed by atoms with Crippen molar-refractivity contribution in [1.82, 2.24) is 9.38 Å². The number of ether oxygens (including phenoxy) is 1. The lowest BCUT2D eigenvalue weighted by molar-refractivity contribution is 0.414. The van der Waals surface area contributed by atoms with Crippen LogP contribution in [-0.4, -0.2) is 24.9 Å². The highest BCUT2D eigenvalue weighted by atomic mass is 32.2. The second-order valence-corrected chi connectivity index (χ2v) is 6.92. The molecular weight excluding hydrogens is 314 g/mol. The summed E-state index contributed by atoms with van der Waals surface area (Å²) in [6, 6.07) is 8.31. The fraction of sp³-hybridized carbons (Fsp3) is 0.188. The van der Waals surface area contributed by atoms with E-state index in [9.17, 15) is 8.42 Å². The molecule has 0 aliphatic heterocycles. The lowest BCUT2D eigenvalue weighted by Crippen LogP contribution is -2.15. The number of aromatic nitrogens is 2. The van der Waals surface area contributed by atoms with Crippen molar-refractivity contribution in [1.29, 1.82) is 0 Å². The number of nitrogens with zero attached hydrogens (tertiary/aromatic N) is 2. The van der Waals surface area contributed by atoms with E-state index in [0.717, 1.165) is 5.69 Å². The average Bonchev–Trinajstić information content (AvgIpc) is 2.88. The van der Waals surface area contributed by atoms with Crippen LogP contribution in [0.25, 0.3) is 5.65 Å². The van der Waals surface area contributed by atoms with Crippen molar-refractivity contribution in [2.75, 3.05) is 11.8 Å². The average molecular weight is 331 g/mol. The Labute approximate surface area is 134 Å². The summed E-state index contributed by atoms with van der Waals surface area (Å²) in [7, 11) is -2.17. The third kappa shape index (κ3) is 2.87. The number of fused-ring (bicyclic) bond motifs is 1. The summed E-state index contributed by atoms with van der Waals surface area (Å²) in [5.74, 6) is 0.618. The Balaban J connectivity index is 2.03. The molecule has 0 saturated carbocycles. The minimum atomic E-state index is -3.71. The molecule has 6 nitrogen and oxygen atoms in total. The Morgan fingerprint density at radius 1 is 1.22 bits per heavy atom. The zero-order chi connectivity index (χ0) is 16.6. The summed E-state index contributed by atoms with van der Waals surface area (Å²) in [6.45, 7) is 3.59. The van der Waals surface area contributed by atoms with Crippen molar-refractivity contribution in [2.24, 2.45) is 0 Å². The van der Waals surface area contributed by atoms with Gasteiger partial charge in [0, 0.05) is 12.4 Å². The lowest BCUT2D eigenvalue weighted by Gasteiger charge is -2.12. The van der Waals surface area contributed by atoms with Gasteiger partial charge >= 0.3 is 0 Å². The molecule has 0 unspecified atom stereocenters. The van der Waals surface area contributed by atoms with Crippen LogP contribution in [0.15, 0.2) is 47.6 Å². The largest absolute Gasteiger partial charge is 0.497 e. The molecule has 23 heavy (non-hydrogen) atoms. The molecule has 1 aromatic carbocycles. The van der Waals surface area contributed by atoms with Crippen molar-refractivity contribution >= 4 is 21.4 Å². The highest BCUT2D eigenvalue weighted by molar-refractivity contribution is 7.92. The molecule has 0 aliphatic rings. The van der Waals surface area contributed by atoms with Crippen molar-refractivity contribution in [3.63, 3.8) is 0 Å². The number of pyridine rings is 1. The number of anilines is 1. The summed E-state index contributed by atoms with van der Waals surface area (Å²) in [4.78, 5) is 4.57. The topological polar surface area (TPSA) is 72.7 Å². The summed E-state index contributed by atoms with van der Waals surface area (Å²) in [5.41, 5.74) is 2.44. The van der Waals surface area contributed by atoms with Crippen LogP contribution in [0.2, 0.25) is 0 Å². The van der Waals surface area contributed by atoms with E-state index in [-0.39, 0.29) is 4.90 Å². The SMILES string of the molecule is COc1ccc(S(=O)(=O)Nc2cccn3cc(C)nc23)c(C)c1. The van der Waals surface area contributed by atoms with E-state index in [1.54, 1.807) is 42.7 Å². The molecular formula is C16H17N3O3S. The van der Waals surface area contributed by atoms with Crippen molar-refractivity contribution in [3.8, 4) is 5.75 Å². The normalized spacial score (nSPS) is 11.6. The molecule has 3 aromatic rings. The number of sulfonamides is 1. The van der Waals surface area contributed by atoms with Crippen LogP contribution in [-0.2, 0) is 10.0 Å². The molecule has 0 bridgehead atoms. The first kappa shape index (κ1) is 15.4. The van der Waals surface area contributed by atoms with E-state index in [4.69, 9.17) is 4.74 Å². The highest BCUT2D eigenvalue weighted by Gasteiger charge is 2.19. The molecule has 7 heteroatoms. The monoisotopic (exact) mass is 331 g/mol. The van der Waals surface area contributed by atoms with E-state index in [1.807, 2.05) is 19.3 Å². The van der Waals surface area contributed by atoms with Crippen molar-refractivity contribution in [3.05, 3.63) is 54.0 Å². The number of imidazole rings is 1. The predicted octanol–water partition coefficient (Wildman–Crippen LogP) is 2.76. The summed E-state index contributed by atoms with van der Waals surface area (Å²) in [5, 5.41) is 0. The van der Waals surface area contributed by atoms with Crippen molar-refractivity contribution < 1.29 is 13.2 Å². The van der Waals surface area contributed by atoms with Gasteiger partial charge in [0.15, 0.2) is 5.65 Å². The first-order valence-corrected chi connectivity index (χ1v) is 8.51. The second-order valence-electron chi connectivity index (χ2n) is 5.27. The molecule has 2 aromatic heterocycles. The van der Waals surface area contributed by atoms with E-state index >= 15 is 0 Å². The number of hydrogen-bond acceptors (Lipinski definition) is 4. The number of benzene rings is 1. The maximum Gasteiger partial charge on any atom is 0.262 e. The third-order valence-electron chi connectivity index (χ3n) is 3.52. The van der Waals surface area contributed by atoms with E-state index in [0.29, 0.717) is 22.6 Å². The molecule has 3 rings (SSSR count). The van der Waals surface area contributed by atoms with Gasteiger partial charge in [-0.2, -0.15) is 0 Å². The zero-order valence-electron chi connectivity index (χ0n) is 13.1. The predicted molar refractivity (Wildman–Crippen MR) is 88.5 cm³/mol. The Morgan fingerprint density at radius 3 is 2.70 bits per heavy atom. The Hall–Kier alpha value is -2.54. The Kier molecular flexibility index (Phi) is 3.73. The number of hydrogen-bond donors (Lipinski definition) is 1. The molecule has 0 spiro atoms. The van der Waals surface area contributed by atoms with Crippen LogP contribution in [0, 0.1) is 13.8 Å². The number of nitrogens with one attached hydrogen (secondary N) is 1. The van der Waals surface area contributed by atoms with Gasteiger partial charge in [0.1, 0.15) is 5.75 Å². The quantitative estimate of drug-likeness (QED) is 0.798. The Bertz CT molecular complexity index is 977. The van der Waals surface area contributed by atoms with Crippen LogP contribution in [0.1, 0.15) is 11.3 Å². The number of methoxy groups -OCH3 is 1. The van der Waals surface area contributed by atoms with Crippen molar-refractivity contribution in [2.45, 2.75) is 18.7 Å². The van der Waals surface area contributed by atoms with Gasteiger partial charge in [-0.3, -0.25) is 4.72 Å². The Morgan fingerprint density at radius 2 is 2.00 bits per heavy atom. The van der Waals surface area contributed by atoms with E-state index in [1.165, 1.54) is 6.07 Å². The number of aryl methyl sites for hydroxylation is 2. The molecule has 120 valence electrons. The minimum absolute atomic E-state index is 0.212. The zero-order valence-corrected chi connectivity index (χ0v) is 13.9. The van der Waals surface area contributed by atoms with Crippen LogP contribution in [0.5, 0.6) is 5.75 Å². The van der Waals surface area contributed by atoms with Crippen LogP contribution >= 0.6 is 0 Å². The summed E-state index contributed by atoms with van der Waals surface area (Å²) >= 11 is 0. The first-order valence-electron chi connectivity index (χ1n) is 7.02. The fourth-order valence-corrected chi connectivity index (χ4v) is 3.75. The molecule has 0 aliphatic carbocycles. The summed E-state index contributed by atoms with van der Waals surface area (Å²) in [6.07, 6.45) is 3.66. The van der Waals surface area contributed by atoms with Crippen LogP contribution < -0.4 is 9.46 Å². The molecule has 0 amide bonds. The van der Waals surface area contributed by atoms with E-state index < -0.39 is 10.0 Å². The molecule has 0 atom stereocenters. The maximum atomic E-state index is 12.7. The van der Waals surface area contributed by atoms with Gasteiger partial charge in [-0.15, -0.1) is 0 Å². The van der Waals surface area contributed by atoms with Gasteiger partial charge in [-0.1, -0.05) is 0 Å². The highest BCUT2D eigenvalue weighted by Crippen LogP contribution is 2.25. The van der Waals surface area contributed by atoms with E-state index in [2.05, 4.69) is 9.71 Å². The minimum Gasteiger partial charge on any atom is -0.497 e. The van der Waals surface area contributed by atoms with Gasteiger partial charge in [0.05, 0.1) is 23.4 Å². The number of rotatable bonds is 4. The fourth-order valence-electron chi connectivity index (χ4n) is 2.47. The second kappa shape index (κ2) is 5.58. The van der Waals surface area contributed by atoms with Gasteiger partial charge in [0.2, 0.25) is 0 Å². The van der Waals surface area contributed by atoms with Gasteiger partial charge in [0.25, 0.3) is 10.0 Å². The maximum absolute atomic E-state index is 12.7.